The molecule has 0 radical (unpaired) electrons. The Morgan fingerprint density at radius 1 is 1.36 bits per heavy atom. The van der Waals surface area contributed by atoms with Crippen LogP contribution in [-0.2, 0) is 0 Å². The second-order valence-electron chi connectivity index (χ2n) is 4.50. The molecule has 0 saturated heterocycles. The van der Waals surface area contributed by atoms with Gasteiger partial charge in [-0.3, -0.25) is 0 Å². The normalized spacial score (nSPS) is 32.5. The molecule has 2 aliphatic carbocycles. The summed E-state index contributed by atoms with van der Waals surface area (Å²) in [6, 6.07) is 0. The predicted molar refractivity (Wildman–Crippen MR) is 62.1 cm³/mol. The molecule has 0 aliphatic heterocycles. The monoisotopic (exact) mass is 188 g/mol. The molecule has 2 unspecified atom stereocenters. The fourth-order valence-corrected chi connectivity index (χ4v) is 2.51. The first-order valence-corrected chi connectivity index (χ1v) is 5.94. The third kappa shape index (κ3) is 2.17. The van der Waals surface area contributed by atoms with E-state index in [4.69, 9.17) is 0 Å². The number of unbranched alkanes of at least 4 members (excludes halogenated alkanes) is 2. The Morgan fingerprint density at radius 2 is 2.21 bits per heavy atom. The van der Waals surface area contributed by atoms with Gasteiger partial charge in [-0.15, -0.1) is 0 Å². The Labute approximate surface area is 87.4 Å². The Kier molecular flexibility index (Phi) is 3.23. The van der Waals surface area contributed by atoms with E-state index in [1.165, 1.54) is 32.1 Å². The van der Waals surface area contributed by atoms with Crippen molar-refractivity contribution in [1.29, 1.82) is 0 Å². The van der Waals surface area contributed by atoms with Gasteiger partial charge in [0.05, 0.1) is 0 Å². The molecular formula is C14H20. The van der Waals surface area contributed by atoms with Crippen LogP contribution in [0, 0.1) is 11.8 Å². The zero-order valence-corrected chi connectivity index (χ0v) is 9.08. The van der Waals surface area contributed by atoms with Crippen LogP contribution in [0.3, 0.4) is 0 Å². The van der Waals surface area contributed by atoms with Crippen molar-refractivity contribution in [2.45, 2.75) is 39.0 Å². The largest absolute Gasteiger partial charge is 0.0847 e. The molecule has 0 heteroatoms. The summed E-state index contributed by atoms with van der Waals surface area (Å²) in [5.41, 5.74) is 1.70. The highest BCUT2D eigenvalue weighted by atomic mass is 14.3. The van der Waals surface area contributed by atoms with E-state index in [0.29, 0.717) is 0 Å². The fraction of sp³-hybridized carbons (Fsp3) is 0.571. The molecule has 2 atom stereocenters. The van der Waals surface area contributed by atoms with E-state index in [1.807, 2.05) is 0 Å². The fourth-order valence-electron chi connectivity index (χ4n) is 2.51. The maximum absolute atomic E-state index is 2.50. The average molecular weight is 188 g/mol. The van der Waals surface area contributed by atoms with E-state index in [9.17, 15) is 0 Å². The van der Waals surface area contributed by atoms with Crippen molar-refractivity contribution >= 4 is 0 Å². The first-order valence-electron chi connectivity index (χ1n) is 5.94. The minimum atomic E-state index is 0.756. The molecule has 1 fully saturated rings. The first-order chi connectivity index (χ1) is 6.90. The third-order valence-corrected chi connectivity index (χ3v) is 3.33. The van der Waals surface area contributed by atoms with Gasteiger partial charge in [-0.05, 0) is 31.1 Å². The minimum absolute atomic E-state index is 0.756. The van der Waals surface area contributed by atoms with E-state index in [2.05, 4.69) is 37.3 Å². The van der Waals surface area contributed by atoms with Crippen LogP contribution in [0.1, 0.15) is 39.0 Å². The smallest absolute Gasteiger partial charge is 0.00142 e. The lowest BCUT2D eigenvalue weighted by Gasteiger charge is -2.05. The Bertz CT molecular complexity index is 268. The molecule has 0 aromatic rings. The Hall–Kier alpha value is -0.780. The molecule has 1 saturated carbocycles. The zero-order valence-electron chi connectivity index (χ0n) is 9.08. The van der Waals surface area contributed by atoms with Gasteiger partial charge in [0.2, 0.25) is 0 Å². The lowest BCUT2D eigenvalue weighted by molar-refractivity contribution is 0.651. The van der Waals surface area contributed by atoms with Crippen LogP contribution in [0.5, 0.6) is 0 Å². The summed E-state index contributed by atoms with van der Waals surface area (Å²) >= 11 is 0. The standard InChI is InChI=1S/C14H20/c1-2-3-4-8-13-10-12-7-5-6-9-14(13)11-12/h5-9,12,14H,2-4,10-11H2,1H3. The summed E-state index contributed by atoms with van der Waals surface area (Å²) in [7, 11) is 0. The van der Waals surface area contributed by atoms with E-state index < -0.39 is 0 Å². The summed E-state index contributed by atoms with van der Waals surface area (Å²) in [6.07, 6.45) is 18.3. The topological polar surface area (TPSA) is 0 Å². The third-order valence-electron chi connectivity index (χ3n) is 3.33. The predicted octanol–water partition coefficient (Wildman–Crippen LogP) is 4.26. The zero-order chi connectivity index (χ0) is 9.80. The molecular weight excluding hydrogens is 168 g/mol. The highest BCUT2D eigenvalue weighted by molar-refractivity contribution is 5.26. The summed E-state index contributed by atoms with van der Waals surface area (Å²) < 4.78 is 0. The summed E-state index contributed by atoms with van der Waals surface area (Å²) in [6.45, 7) is 2.26. The quantitative estimate of drug-likeness (QED) is 0.458. The Morgan fingerprint density at radius 3 is 3.07 bits per heavy atom. The van der Waals surface area contributed by atoms with Gasteiger partial charge >= 0.3 is 0 Å². The number of hydrogen-bond donors (Lipinski definition) is 0. The molecule has 2 rings (SSSR count). The van der Waals surface area contributed by atoms with Crippen molar-refractivity contribution in [2.24, 2.45) is 11.8 Å². The van der Waals surface area contributed by atoms with Gasteiger partial charge in [-0.2, -0.15) is 0 Å². The van der Waals surface area contributed by atoms with Gasteiger partial charge in [-0.25, -0.2) is 0 Å². The highest BCUT2D eigenvalue weighted by Crippen LogP contribution is 2.39. The molecule has 76 valence electrons. The van der Waals surface area contributed by atoms with Crippen LogP contribution in [0.25, 0.3) is 0 Å². The SMILES string of the molecule is CCCCC=C1CC2C=CC=CC1C2. The summed E-state index contributed by atoms with van der Waals surface area (Å²) in [4.78, 5) is 0. The summed E-state index contributed by atoms with van der Waals surface area (Å²) in [5.74, 6) is 1.58. The van der Waals surface area contributed by atoms with Crippen molar-refractivity contribution in [2.75, 3.05) is 0 Å². The molecule has 0 heterocycles. The van der Waals surface area contributed by atoms with Gasteiger partial charge in [0.1, 0.15) is 0 Å². The van der Waals surface area contributed by atoms with Crippen LogP contribution in [0.15, 0.2) is 36.0 Å². The van der Waals surface area contributed by atoms with Gasteiger partial charge in [-0.1, -0.05) is 55.7 Å². The lowest BCUT2D eigenvalue weighted by atomic mass is 10.0. The molecule has 0 amide bonds. The van der Waals surface area contributed by atoms with Crippen molar-refractivity contribution < 1.29 is 0 Å². The molecule has 2 aliphatic rings. The van der Waals surface area contributed by atoms with Crippen molar-refractivity contribution in [3.8, 4) is 0 Å². The molecule has 0 aromatic carbocycles. The second-order valence-corrected chi connectivity index (χ2v) is 4.50. The number of fused-ring (bicyclic) bond motifs is 2. The van der Waals surface area contributed by atoms with Gasteiger partial charge in [0, 0.05) is 0 Å². The van der Waals surface area contributed by atoms with Crippen molar-refractivity contribution in [3.63, 3.8) is 0 Å². The number of hydrogen-bond acceptors (Lipinski definition) is 0. The van der Waals surface area contributed by atoms with Gasteiger partial charge < -0.3 is 0 Å². The molecule has 2 bridgehead atoms. The van der Waals surface area contributed by atoms with Gasteiger partial charge in [0.25, 0.3) is 0 Å². The van der Waals surface area contributed by atoms with E-state index in [-0.39, 0.29) is 0 Å². The maximum Gasteiger partial charge on any atom is -0.00142 e. The maximum atomic E-state index is 2.50. The number of rotatable bonds is 3. The van der Waals surface area contributed by atoms with Crippen LogP contribution in [0.2, 0.25) is 0 Å². The van der Waals surface area contributed by atoms with Crippen molar-refractivity contribution in [1.82, 2.24) is 0 Å². The highest BCUT2D eigenvalue weighted by Gasteiger charge is 2.26. The van der Waals surface area contributed by atoms with Crippen LogP contribution >= 0.6 is 0 Å². The van der Waals surface area contributed by atoms with Gasteiger partial charge in [0.15, 0.2) is 0 Å². The average Bonchev–Trinajstić information content (AvgIpc) is 2.41. The van der Waals surface area contributed by atoms with E-state index in [0.717, 1.165) is 11.8 Å². The van der Waals surface area contributed by atoms with E-state index >= 15 is 0 Å². The molecule has 14 heavy (non-hydrogen) atoms. The second kappa shape index (κ2) is 4.63. The van der Waals surface area contributed by atoms with Crippen LogP contribution in [0.4, 0.5) is 0 Å². The Balaban J connectivity index is 1.98. The van der Waals surface area contributed by atoms with E-state index in [1.54, 1.807) is 5.57 Å². The lowest BCUT2D eigenvalue weighted by Crippen LogP contribution is -1.91. The van der Waals surface area contributed by atoms with Crippen LogP contribution < -0.4 is 0 Å². The first kappa shape index (κ1) is 9.76. The molecule has 0 spiro atoms. The molecule has 0 nitrogen and oxygen atoms in total. The van der Waals surface area contributed by atoms with Crippen molar-refractivity contribution in [3.05, 3.63) is 36.0 Å². The molecule has 0 N–H and O–H groups in total. The molecule has 0 aromatic heterocycles. The minimum Gasteiger partial charge on any atom is -0.0847 e. The van der Waals surface area contributed by atoms with Crippen LogP contribution in [-0.4, -0.2) is 0 Å². The summed E-state index contributed by atoms with van der Waals surface area (Å²) in [5, 5.41) is 0. The number of allylic oxidation sites excluding steroid dienone is 6.